The van der Waals surface area contributed by atoms with Gasteiger partial charge < -0.3 is 9.64 Å². The highest BCUT2D eigenvalue weighted by molar-refractivity contribution is 6.40. The van der Waals surface area contributed by atoms with Crippen LogP contribution in [0.3, 0.4) is 0 Å². The number of hydrogen-bond acceptors (Lipinski definition) is 4. The van der Waals surface area contributed by atoms with E-state index < -0.39 is 0 Å². The molecule has 0 radical (unpaired) electrons. The maximum Gasteiger partial charge on any atom is 0.270 e. The second-order valence-corrected chi connectivity index (χ2v) is 6.16. The van der Waals surface area contributed by atoms with E-state index in [4.69, 9.17) is 4.74 Å². The molecule has 1 fully saturated rings. The number of carbonyl (C=O) groups is 2. The van der Waals surface area contributed by atoms with Gasteiger partial charge >= 0.3 is 0 Å². The van der Waals surface area contributed by atoms with Crippen LogP contribution in [0.4, 0.5) is 5.69 Å². The molecule has 24 heavy (non-hydrogen) atoms. The molecule has 0 aliphatic carbocycles. The summed E-state index contributed by atoms with van der Waals surface area (Å²) in [6, 6.07) is 9.24. The molecule has 0 saturated carbocycles. The predicted molar refractivity (Wildman–Crippen MR) is 91.8 cm³/mol. The molecule has 1 aromatic rings. The van der Waals surface area contributed by atoms with E-state index in [0.29, 0.717) is 49.9 Å². The third-order valence-electron chi connectivity index (χ3n) is 4.45. The van der Waals surface area contributed by atoms with Crippen LogP contribution in [0.15, 0.2) is 35.4 Å². The minimum Gasteiger partial charge on any atom is -0.381 e. The second kappa shape index (κ2) is 7.57. The SMILES string of the molecule is CCN(C[C@@H]1CCOC1)C(=O)C1=NN(c2ccccc2)C(=O)CC1. The van der Waals surface area contributed by atoms with Crippen molar-refractivity contribution in [2.45, 2.75) is 26.2 Å². The molecule has 3 rings (SSSR count). The van der Waals surface area contributed by atoms with Gasteiger partial charge in [-0.25, -0.2) is 5.01 Å². The van der Waals surface area contributed by atoms with Crippen molar-refractivity contribution in [3.05, 3.63) is 30.3 Å². The van der Waals surface area contributed by atoms with Crippen molar-refractivity contribution >= 4 is 23.2 Å². The van der Waals surface area contributed by atoms with Gasteiger partial charge in [-0.05, 0) is 25.5 Å². The molecule has 0 N–H and O–H groups in total. The van der Waals surface area contributed by atoms with Crippen molar-refractivity contribution in [3.63, 3.8) is 0 Å². The lowest BCUT2D eigenvalue weighted by Gasteiger charge is -2.28. The average Bonchev–Trinajstić information content (AvgIpc) is 3.13. The molecule has 1 saturated heterocycles. The summed E-state index contributed by atoms with van der Waals surface area (Å²) in [6.45, 7) is 4.77. The molecule has 1 aromatic carbocycles. The first-order valence-electron chi connectivity index (χ1n) is 8.51. The molecular weight excluding hydrogens is 306 g/mol. The normalized spacial score (nSPS) is 20.9. The van der Waals surface area contributed by atoms with Gasteiger partial charge in [-0.3, -0.25) is 9.59 Å². The molecule has 2 aliphatic rings. The van der Waals surface area contributed by atoms with Crippen molar-refractivity contribution in [2.75, 3.05) is 31.3 Å². The Bertz CT molecular complexity index is 624. The first-order valence-corrected chi connectivity index (χ1v) is 8.51. The lowest BCUT2D eigenvalue weighted by molar-refractivity contribution is -0.124. The summed E-state index contributed by atoms with van der Waals surface area (Å²) < 4.78 is 5.40. The Labute approximate surface area is 142 Å². The Morgan fingerprint density at radius 2 is 2.12 bits per heavy atom. The number of para-hydroxylation sites is 1. The van der Waals surface area contributed by atoms with Gasteiger partial charge in [-0.15, -0.1) is 0 Å². The highest BCUT2D eigenvalue weighted by atomic mass is 16.5. The zero-order chi connectivity index (χ0) is 16.9. The molecule has 0 spiro atoms. The van der Waals surface area contributed by atoms with E-state index in [1.807, 2.05) is 42.2 Å². The van der Waals surface area contributed by atoms with Crippen molar-refractivity contribution in [3.8, 4) is 0 Å². The summed E-state index contributed by atoms with van der Waals surface area (Å²) in [5.41, 5.74) is 1.15. The Morgan fingerprint density at radius 1 is 1.33 bits per heavy atom. The monoisotopic (exact) mass is 329 g/mol. The van der Waals surface area contributed by atoms with Gasteiger partial charge in [0.2, 0.25) is 5.91 Å². The number of nitrogens with zero attached hydrogens (tertiary/aromatic N) is 3. The zero-order valence-corrected chi connectivity index (χ0v) is 14.0. The van der Waals surface area contributed by atoms with Crippen LogP contribution in [0.25, 0.3) is 0 Å². The molecule has 0 aromatic heterocycles. The van der Waals surface area contributed by atoms with Crippen molar-refractivity contribution in [2.24, 2.45) is 11.0 Å². The number of ether oxygens (including phenoxy) is 1. The molecular formula is C18H23N3O3. The number of benzene rings is 1. The summed E-state index contributed by atoms with van der Waals surface area (Å²) in [4.78, 5) is 26.8. The number of hydrogen-bond donors (Lipinski definition) is 0. The fourth-order valence-electron chi connectivity index (χ4n) is 3.06. The average molecular weight is 329 g/mol. The fraction of sp³-hybridized carbons (Fsp3) is 0.500. The Balaban J connectivity index is 1.76. The molecule has 2 heterocycles. The van der Waals surface area contributed by atoms with Gasteiger partial charge in [0, 0.05) is 38.5 Å². The summed E-state index contributed by atoms with van der Waals surface area (Å²) >= 11 is 0. The van der Waals surface area contributed by atoms with Crippen LogP contribution < -0.4 is 5.01 Å². The van der Waals surface area contributed by atoms with E-state index in [9.17, 15) is 9.59 Å². The highest BCUT2D eigenvalue weighted by Gasteiger charge is 2.29. The topological polar surface area (TPSA) is 62.2 Å². The predicted octanol–water partition coefficient (Wildman–Crippen LogP) is 2.05. The highest BCUT2D eigenvalue weighted by Crippen LogP contribution is 2.21. The Hall–Kier alpha value is -2.21. The van der Waals surface area contributed by atoms with Crippen LogP contribution in [-0.4, -0.2) is 48.7 Å². The van der Waals surface area contributed by atoms with E-state index in [2.05, 4.69) is 5.10 Å². The van der Waals surface area contributed by atoms with Gasteiger partial charge in [-0.1, -0.05) is 18.2 Å². The van der Waals surface area contributed by atoms with Gasteiger partial charge in [0.05, 0.1) is 12.3 Å². The molecule has 128 valence electrons. The van der Waals surface area contributed by atoms with Crippen LogP contribution in [0, 0.1) is 5.92 Å². The number of rotatable bonds is 5. The Morgan fingerprint density at radius 3 is 2.79 bits per heavy atom. The summed E-state index contributed by atoms with van der Waals surface area (Å²) in [5.74, 6) is 0.243. The van der Waals surface area contributed by atoms with Crippen LogP contribution in [0.5, 0.6) is 0 Å². The lowest BCUT2D eigenvalue weighted by atomic mass is 10.1. The lowest BCUT2D eigenvalue weighted by Crippen LogP contribution is -2.43. The molecule has 2 amide bonds. The molecule has 0 unspecified atom stereocenters. The first kappa shape index (κ1) is 16.6. The summed E-state index contributed by atoms with van der Waals surface area (Å²) in [7, 11) is 0. The zero-order valence-electron chi connectivity index (χ0n) is 14.0. The van der Waals surface area contributed by atoms with Crippen LogP contribution in [-0.2, 0) is 14.3 Å². The van der Waals surface area contributed by atoms with Crippen molar-refractivity contribution in [1.29, 1.82) is 0 Å². The van der Waals surface area contributed by atoms with Crippen molar-refractivity contribution in [1.82, 2.24) is 4.90 Å². The number of amides is 2. The van der Waals surface area contributed by atoms with E-state index in [-0.39, 0.29) is 11.8 Å². The van der Waals surface area contributed by atoms with Gasteiger partial charge in [-0.2, -0.15) is 5.10 Å². The number of anilines is 1. The third kappa shape index (κ3) is 3.64. The van der Waals surface area contributed by atoms with Gasteiger partial charge in [0.25, 0.3) is 5.91 Å². The Kier molecular flexibility index (Phi) is 5.25. The quantitative estimate of drug-likeness (QED) is 0.830. The summed E-state index contributed by atoms with van der Waals surface area (Å²) in [5, 5.41) is 5.70. The van der Waals surface area contributed by atoms with E-state index >= 15 is 0 Å². The van der Waals surface area contributed by atoms with E-state index in [1.165, 1.54) is 5.01 Å². The summed E-state index contributed by atoms with van der Waals surface area (Å²) in [6.07, 6.45) is 1.70. The fourth-order valence-corrected chi connectivity index (χ4v) is 3.06. The van der Waals surface area contributed by atoms with E-state index in [0.717, 1.165) is 13.0 Å². The maximum absolute atomic E-state index is 12.8. The molecule has 0 bridgehead atoms. The van der Waals surface area contributed by atoms with Crippen LogP contribution >= 0.6 is 0 Å². The first-order chi connectivity index (χ1) is 11.7. The van der Waals surface area contributed by atoms with Crippen LogP contribution in [0.2, 0.25) is 0 Å². The minimum absolute atomic E-state index is 0.0715. The van der Waals surface area contributed by atoms with E-state index in [1.54, 1.807) is 0 Å². The van der Waals surface area contributed by atoms with Gasteiger partial charge in [0.15, 0.2) is 0 Å². The number of hydrazone groups is 1. The molecule has 6 nitrogen and oxygen atoms in total. The van der Waals surface area contributed by atoms with Gasteiger partial charge in [0.1, 0.15) is 5.71 Å². The molecule has 6 heteroatoms. The molecule has 1 atom stereocenters. The maximum atomic E-state index is 12.8. The molecule has 2 aliphatic heterocycles. The third-order valence-corrected chi connectivity index (χ3v) is 4.45. The second-order valence-electron chi connectivity index (χ2n) is 6.16. The number of carbonyl (C=O) groups excluding carboxylic acids is 2. The standard InChI is InChI=1S/C18H23N3O3/c1-2-20(12-14-10-11-24-13-14)18(23)16-8-9-17(22)21(19-16)15-6-4-3-5-7-15/h3-7,14H,2,8-13H2,1H3/t14-/m0/s1. The van der Waals surface area contributed by atoms with Crippen LogP contribution in [0.1, 0.15) is 26.2 Å². The van der Waals surface area contributed by atoms with Crippen molar-refractivity contribution < 1.29 is 14.3 Å². The minimum atomic E-state index is -0.0787. The largest absolute Gasteiger partial charge is 0.381 e. The smallest absolute Gasteiger partial charge is 0.270 e.